The van der Waals surface area contributed by atoms with Gasteiger partial charge in [-0.1, -0.05) is 26.7 Å². The second-order valence-electron chi connectivity index (χ2n) is 9.92. The van der Waals surface area contributed by atoms with Crippen molar-refractivity contribution in [1.29, 1.82) is 0 Å². The van der Waals surface area contributed by atoms with Crippen molar-refractivity contribution >= 4 is 17.7 Å². The first kappa shape index (κ1) is 41.3. The molecule has 0 heterocycles. The molecule has 0 saturated carbocycles. The van der Waals surface area contributed by atoms with E-state index >= 15 is 0 Å². The highest BCUT2D eigenvalue weighted by molar-refractivity contribution is 5.87. The number of amides is 3. The third-order valence-electron chi connectivity index (χ3n) is 6.21. The Morgan fingerprint density at radius 3 is 1.39 bits per heavy atom. The van der Waals surface area contributed by atoms with Gasteiger partial charge in [0.15, 0.2) is 0 Å². The molecule has 0 aliphatic carbocycles. The maximum Gasteiger partial charge on any atom is 0.245 e. The summed E-state index contributed by atoms with van der Waals surface area (Å²) < 4.78 is 33.6. The average molecular weight is 632 g/mol. The number of aliphatic hydroxyl groups is 2. The van der Waals surface area contributed by atoms with Crippen LogP contribution < -0.4 is 16.0 Å². The van der Waals surface area contributed by atoms with Crippen LogP contribution in [0.15, 0.2) is 38.0 Å². The first-order valence-electron chi connectivity index (χ1n) is 14.7. The van der Waals surface area contributed by atoms with Crippen LogP contribution in [0.5, 0.6) is 0 Å². The summed E-state index contributed by atoms with van der Waals surface area (Å²) in [5.74, 6) is -1.01. The summed E-state index contributed by atoms with van der Waals surface area (Å²) in [5.41, 5.74) is -0.460. The number of aliphatic hydroxyl groups excluding tert-OH is 2. The summed E-state index contributed by atoms with van der Waals surface area (Å²) >= 11 is 0. The van der Waals surface area contributed by atoms with Crippen LogP contribution in [0.4, 0.5) is 0 Å². The highest BCUT2D eigenvalue weighted by atomic mass is 16.5. The van der Waals surface area contributed by atoms with Crippen LogP contribution in [-0.2, 0) is 42.8 Å². The summed E-state index contributed by atoms with van der Waals surface area (Å²) in [6.45, 7) is 14.8. The molecule has 14 nitrogen and oxygen atoms in total. The third-order valence-corrected chi connectivity index (χ3v) is 6.21. The maximum atomic E-state index is 11.1. The van der Waals surface area contributed by atoms with Crippen LogP contribution in [0.3, 0.4) is 0 Å². The Kier molecular flexibility index (Phi) is 26.1. The Bertz CT molecular complexity index is 771. The number of carbonyl (C=O) groups is 3. The molecule has 254 valence electrons. The van der Waals surface area contributed by atoms with Crippen molar-refractivity contribution in [1.82, 2.24) is 16.0 Å². The number of unbranched alkanes of at least 4 members (excludes halogenated alkanes) is 1. The Labute approximate surface area is 261 Å². The molecule has 3 amide bonds. The lowest BCUT2D eigenvalue weighted by molar-refractivity contribution is -0.119. The lowest BCUT2D eigenvalue weighted by atomic mass is 9.88. The Balaban J connectivity index is 4.58. The van der Waals surface area contributed by atoms with Crippen molar-refractivity contribution in [2.24, 2.45) is 5.41 Å². The molecule has 0 saturated heterocycles. The second-order valence-corrected chi connectivity index (χ2v) is 9.92. The van der Waals surface area contributed by atoms with Crippen LogP contribution in [0.25, 0.3) is 0 Å². The Morgan fingerprint density at radius 2 is 1.00 bits per heavy atom. The molecule has 0 aromatic rings. The molecule has 5 N–H and O–H groups in total. The number of nitrogens with one attached hydrogen (secondary N) is 3. The number of ether oxygens (including phenoxy) is 6. The zero-order valence-corrected chi connectivity index (χ0v) is 26.1. The molecule has 14 heteroatoms. The van der Waals surface area contributed by atoms with Gasteiger partial charge in [0.05, 0.1) is 45.2 Å². The predicted molar refractivity (Wildman–Crippen MR) is 163 cm³/mol. The van der Waals surface area contributed by atoms with E-state index in [-0.39, 0.29) is 64.3 Å². The maximum absolute atomic E-state index is 11.1. The average Bonchev–Trinajstić information content (AvgIpc) is 3.03. The molecular formula is C30H53N3O11. The van der Waals surface area contributed by atoms with Gasteiger partial charge in [-0.3, -0.25) is 14.4 Å². The fourth-order valence-corrected chi connectivity index (χ4v) is 3.36. The van der Waals surface area contributed by atoms with Gasteiger partial charge < -0.3 is 54.6 Å². The number of rotatable bonds is 31. The van der Waals surface area contributed by atoms with Crippen LogP contribution >= 0.6 is 0 Å². The van der Waals surface area contributed by atoms with Crippen molar-refractivity contribution in [3.63, 3.8) is 0 Å². The summed E-state index contributed by atoms with van der Waals surface area (Å²) in [4.78, 5) is 33.4. The molecule has 2 unspecified atom stereocenters. The summed E-state index contributed by atoms with van der Waals surface area (Å²) in [5, 5.41) is 27.7. The van der Waals surface area contributed by atoms with Gasteiger partial charge in [0.2, 0.25) is 17.7 Å². The van der Waals surface area contributed by atoms with E-state index < -0.39 is 17.6 Å². The molecule has 0 bridgehead atoms. The van der Waals surface area contributed by atoms with E-state index in [0.29, 0.717) is 52.3 Å². The summed E-state index contributed by atoms with van der Waals surface area (Å²) in [6, 6.07) is 0. The van der Waals surface area contributed by atoms with Gasteiger partial charge >= 0.3 is 0 Å². The van der Waals surface area contributed by atoms with Crippen molar-refractivity contribution < 1.29 is 53.0 Å². The number of carbonyl (C=O) groups excluding carboxylic acids is 3. The van der Waals surface area contributed by atoms with E-state index in [1.165, 1.54) is 6.08 Å². The fourth-order valence-electron chi connectivity index (χ4n) is 3.36. The van der Waals surface area contributed by atoms with E-state index in [1.807, 2.05) is 6.92 Å². The topological polar surface area (TPSA) is 183 Å². The van der Waals surface area contributed by atoms with Gasteiger partial charge in [0.25, 0.3) is 0 Å². The van der Waals surface area contributed by atoms with Crippen molar-refractivity contribution in [2.75, 3.05) is 79.7 Å². The Hall–Kier alpha value is -2.69. The van der Waals surface area contributed by atoms with Crippen LogP contribution in [0.2, 0.25) is 0 Å². The molecule has 0 radical (unpaired) electrons. The molecule has 0 aromatic heterocycles. The molecular weight excluding hydrogens is 578 g/mol. The van der Waals surface area contributed by atoms with Gasteiger partial charge in [0, 0.05) is 31.8 Å². The van der Waals surface area contributed by atoms with Gasteiger partial charge in [-0.05, 0) is 50.3 Å². The number of hydrogen-bond donors (Lipinski definition) is 5. The van der Waals surface area contributed by atoms with E-state index in [9.17, 15) is 24.6 Å². The summed E-state index contributed by atoms with van der Waals surface area (Å²) in [7, 11) is 0. The lowest BCUT2D eigenvalue weighted by Crippen LogP contribution is -2.38. The molecule has 44 heavy (non-hydrogen) atoms. The zero-order valence-electron chi connectivity index (χ0n) is 26.1. The smallest absolute Gasteiger partial charge is 0.245 e. The van der Waals surface area contributed by atoms with Gasteiger partial charge in [-0.15, -0.1) is 0 Å². The minimum Gasteiger partial charge on any atom is -0.391 e. The minimum atomic E-state index is -0.764. The van der Waals surface area contributed by atoms with Crippen LogP contribution in [0.1, 0.15) is 39.0 Å². The summed E-state index contributed by atoms with van der Waals surface area (Å²) in [6.07, 6.45) is 4.81. The highest BCUT2D eigenvalue weighted by Crippen LogP contribution is 2.24. The van der Waals surface area contributed by atoms with E-state index in [2.05, 4.69) is 35.7 Å². The molecule has 0 aromatic carbocycles. The van der Waals surface area contributed by atoms with Gasteiger partial charge in [-0.25, -0.2) is 0 Å². The first-order valence-corrected chi connectivity index (χ1v) is 14.7. The molecule has 0 aliphatic heterocycles. The first-order chi connectivity index (χ1) is 21.2. The molecule has 2 atom stereocenters. The molecule has 0 rings (SSSR count). The normalized spacial score (nSPS) is 13.7. The number of hydrogen-bond acceptors (Lipinski definition) is 11. The van der Waals surface area contributed by atoms with Crippen molar-refractivity contribution in [3.8, 4) is 0 Å². The molecule has 0 fully saturated rings. The minimum absolute atomic E-state index is 0.0267. The van der Waals surface area contributed by atoms with Crippen LogP contribution in [-0.4, -0.2) is 120 Å². The monoisotopic (exact) mass is 631 g/mol. The van der Waals surface area contributed by atoms with Gasteiger partial charge in [0.1, 0.15) is 20.2 Å². The third kappa shape index (κ3) is 23.7. The highest BCUT2D eigenvalue weighted by Gasteiger charge is 2.30. The van der Waals surface area contributed by atoms with E-state index in [4.69, 9.17) is 28.4 Å². The second kappa shape index (κ2) is 27.8. The van der Waals surface area contributed by atoms with Gasteiger partial charge in [-0.2, -0.15) is 0 Å². The SMILES string of the molecule is C=CC(=O)NCOCCCCOCC(CC)(COCCC(O)COCNC(=O)C=C)COCCC(O)COCNC(=O)C=C. The van der Waals surface area contributed by atoms with E-state index in [0.717, 1.165) is 25.0 Å². The standard InChI is InChI=1S/C30H53N3O11/c1-5-27(36)31-22-42-14-10-9-13-39-19-30(8-4,20-40-15-11-25(34)17-43-23-32-28(37)6-2)21-41-16-12-26(35)18-44-24-33-29(38)7-3/h5-7,25-26,34-35H,1-3,8-24H2,4H3,(H,31,36)(H,32,37)(H,33,38). The fraction of sp³-hybridized carbons (Fsp3) is 0.700. The van der Waals surface area contributed by atoms with Crippen LogP contribution in [0, 0.1) is 5.41 Å². The van der Waals surface area contributed by atoms with Crippen molar-refractivity contribution in [3.05, 3.63) is 38.0 Å². The predicted octanol–water partition coefficient (Wildman–Crippen LogP) is 0.544. The lowest BCUT2D eigenvalue weighted by Gasteiger charge is -2.32. The quantitative estimate of drug-likeness (QED) is 0.0409. The Morgan fingerprint density at radius 1 is 0.636 bits per heavy atom. The largest absolute Gasteiger partial charge is 0.391 e. The molecule has 0 aliphatic rings. The molecule has 0 spiro atoms. The van der Waals surface area contributed by atoms with E-state index in [1.54, 1.807) is 0 Å². The zero-order chi connectivity index (χ0) is 32.9. The van der Waals surface area contributed by atoms with Crippen molar-refractivity contribution in [2.45, 2.75) is 51.2 Å².